The Morgan fingerprint density at radius 2 is 2.18 bits per heavy atom. The van der Waals surface area contributed by atoms with Gasteiger partial charge in [-0.05, 0) is 25.0 Å². The molecule has 1 fully saturated rings. The van der Waals surface area contributed by atoms with E-state index in [1.165, 1.54) is 19.3 Å². The normalized spacial score (nSPS) is 16.2. The second-order valence-electron chi connectivity index (χ2n) is 4.59. The number of anilines is 1. The van der Waals surface area contributed by atoms with Crippen molar-refractivity contribution < 1.29 is 5.11 Å². The van der Waals surface area contributed by atoms with Gasteiger partial charge in [0.25, 0.3) is 0 Å². The standard InChI is InChI=1S/C13H19BrN2O/c14-12-5-2-6-13(15)11(12)9-16(7-8-17)10-3-1-4-10/h2,5-6,10,17H,1,3-4,7-9,15H2. The maximum Gasteiger partial charge on any atom is 0.0558 e. The van der Waals surface area contributed by atoms with Crippen molar-refractivity contribution in [3.05, 3.63) is 28.2 Å². The average Bonchev–Trinajstić information content (AvgIpc) is 2.21. The molecule has 0 spiro atoms. The second kappa shape index (κ2) is 5.85. The van der Waals surface area contributed by atoms with Crippen molar-refractivity contribution in [3.8, 4) is 0 Å². The van der Waals surface area contributed by atoms with Crippen LogP contribution in [0.4, 0.5) is 5.69 Å². The lowest BCUT2D eigenvalue weighted by Gasteiger charge is -2.37. The molecule has 17 heavy (non-hydrogen) atoms. The van der Waals surface area contributed by atoms with Gasteiger partial charge < -0.3 is 10.8 Å². The molecule has 0 aromatic heterocycles. The van der Waals surface area contributed by atoms with E-state index in [1.807, 2.05) is 18.2 Å². The van der Waals surface area contributed by atoms with Crippen LogP contribution in [0.25, 0.3) is 0 Å². The highest BCUT2D eigenvalue weighted by atomic mass is 79.9. The summed E-state index contributed by atoms with van der Waals surface area (Å²) in [7, 11) is 0. The van der Waals surface area contributed by atoms with E-state index in [1.54, 1.807) is 0 Å². The van der Waals surface area contributed by atoms with Crippen molar-refractivity contribution in [3.63, 3.8) is 0 Å². The average molecular weight is 299 g/mol. The summed E-state index contributed by atoms with van der Waals surface area (Å²) in [4.78, 5) is 2.33. The number of hydrogen-bond acceptors (Lipinski definition) is 3. The minimum absolute atomic E-state index is 0.209. The van der Waals surface area contributed by atoms with E-state index in [0.29, 0.717) is 6.04 Å². The number of rotatable bonds is 5. The van der Waals surface area contributed by atoms with E-state index < -0.39 is 0 Å². The number of hydrogen-bond donors (Lipinski definition) is 2. The molecule has 1 aromatic rings. The van der Waals surface area contributed by atoms with Crippen LogP contribution in [-0.4, -0.2) is 29.2 Å². The van der Waals surface area contributed by atoms with Crippen LogP contribution in [0, 0.1) is 0 Å². The monoisotopic (exact) mass is 298 g/mol. The Morgan fingerprint density at radius 3 is 2.71 bits per heavy atom. The zero-order valence-corrected chi connectivity index (χ0v) is 11.5. The van der Waals surface area contributed by atoms with E-state index in [4.69, 9.17) is 10.8 Å². The fourth-order valence-electron chi connectivity index (χ4n) is 2.22. The molecule has 0 saturated heterocycles. The summed E-state index contributed by atoms with van der Waals surface area (Å²) in [5, 5.41) is 9.14. The Balaban J connectivity index is 2.10. The number of aliphatic hydroxyl groups is 1. The predicted molar refractivity (Wildman–Crippen MR) is 73.7 cm³/mol. The van der Waals surface area contributed by atoms with Gasteiger partial charge in [0.05, 0.1) is 6.61 Å². The predicted octanol–water partition coefficient (Wildman–Crippen LogP) is 2.38. The minimum atomic E-state index is 0.209. The van der Waals surface area contributed by atoms with Crippen LogP contribution >= 0.6 is 15.9 Å². The van der Waals surface area contributed by atoms with E-state index in [2.05, 4.69) is 20.8 Å². The van der Waals surface area contributed by atoms with Gasteiger partial charge in [-0.15, -0.1) is 0 Å². The highest BCUT2D eigenvalue weighted by Gasteiger charge is 2.25. The molecule has 0 unspecified atom stereocenters. The van der Waals surface area contributed by atoms with Gasteiger partial charge in [0.15, 0.2) is 0 Å². The lowest BCUT2D eigenvalue weighted by molar-refractivity contribution is 0.0945. The van der Waals surface area contributed by atoms with E-state index in [9.17, 15) is 0 Å². The van der Waals surface area contributed by atoms with E-state index in [0.717, 1.165) is 28.8 Å². The maximum atomic E-state index is 9.14. The number of nitrogen functional groups attached to an aromatic ring is 1. The van der Waals surface area contributed by atoms with Crippen LogP contribution in [0.15, 0.2) is 22.7 Å². The first-order chi connectivity index (χ1) is 8.22. The molecule has 3 N–H and O–H groups in total. The number of nitrogens with two attached hydrogens (primary N) is 1. The smallest absolute Gasteiger partial charge is 0.0558 e. The molecular weight excluding hydrogens is 280 g/mol. The van der Waals surface area contributed by atoms with E-state index in [-0.39, 0.29) is 6.61 Å². The van der Waals surface area contributed by atoms with Gasteiger partial charge in [-0.3, -0.25) is 4.90 Å². The Kier molecular flexibility index (Phi) is 4.42. The lowest BCUT2D eigenvalue weighted by atomic mass is 9.91. The van der Waals surface area contributed by atoms with Crippen molar-refractivity contribution in [2.45, 2.75) is 31.8 Å². The number of aliphatic hydroxyl groups excluding tert-OH is 1. The molecule has 0 aliphatic heterocycles. The number of benzene rings is 1. The third-order valence-electron chi connectivity index (χ3n) is 3.49. The quantitative estimate of drug-likeness (QED) is 0.821. The van der Waals surface area contributed by atoms with Crippen molar-refractivity contribution in [1.82, 2.24) is 4.90 Å². The van der Waals surface area contributed by atoms with Crippen LogP contribution in [0.5, 0.6) is 0 Å². The molecule has 4 heteroatoms. The van der Waals surface area contributed by atoms with Crippen LogP contribution in [-0.2, 0) is 6.54 Å². The Morgan fingerprint density at radius 1 is 1.41 bits per heavy atom. The van der Waals surface area contributed by atoms with Crippen LogP contribution < -0.4 is 5.73 Å². The first-order valence-electron chi connectivity index (χ1n) is 6.10. The summed E-state index contributed by atoms with van der Waals surface area (Å²) in [5.74, 6) is 0. The van der Waals surface area contributed by atoms with Crippen molar-refractivity contribution in [2.24, 2.45) is 0 Å². The minimum Gasteiger partial charge on any atom is -0.398 e. The molecule has 0 atom stereocenters. The van der Waals surface area contributed by atoms with Crippen molar-refractivity contribution in [2.75, 3.05) is 18.9 Å². The molecule has 94 valence electrons. The molecule has 0 heterocycles. The molecular formula is C13H19BrN2O. The zero-order chi connectivity index (χ0) is 12.3. The van der Waals surface area contributed by atoms with Gasteiger partial charge in [-0.2, -0.15) is 0 Å². The van der Waals surface area contributed by atoms with Crippen LogP contribution in [0.3, 0.4) is 0 Å². The molecule has 1 aliphatic carbocycles. The highest BCUT2D eigenvalue weighted by Crippen LogP contribution is 2.29. The summed E-state index contributed by atoms with van der Waals surface area (Å²) < 4.78 is 1.06. The van der Waals surface area contributed by atoms with Gasteiger partial charge in [0, 0.05) is 34.9 Å². The van der Waals surface area contributed by atoms with Crippen molar-refractivity contribution in [1.29, 1.82) is 0 Å². The first-order valence-corrected chi connectivity index (χ1v) is 6.89. The largest absolute Gasteiger partial charge is 0.398 e. The Bertz CT molecular complexity index is 359. The number of nitrogens with zero attached hydrogens (tertiary/aromatic N) is 1. The van der Waals surface area contributed by atoms with Crippen molar-refractivity contribution >= 4 is 21.6 Å². The topological polar surface area (TPSA) is 49.5 Å². The fraction of sp³-hybridized carbons (Fsp3) is 0.538. The number of halogens is 1. The molecule has 3 nitrogen and oxygen atoms in total. The third-order valence-corrected chi connectivity index (χ3v) is 4.24. The molecule has 0 radical (unpaired) electrons. The summed E-state index contributed by atoms with van der Waals surface area (Å²) in [6.45, 7) is 1.75. The summed E-state index contributed by atoms with van der Waals surface area (Å²) in [5.41, 5.74) is 7.96. The zero-order valence-electron chi connectivity index (χ0n) is 9.90. The van der Waals surface area contributed by atoms with Gasteiger partial charge in [-0.25, -0.2) is 0 Å². The van der Waals surface area contributed by atoms with E-state index >= 15 is 0 Å². The Labute approximate surface area is 111 Å². The third kappa shape index (κ3) is 3.00. The molecule has 1 saturated carbocycles. The molecule has 1 aliphatic rings. The second-order valence-corrected chi connectivity index (χ2v) is 5.44. The SMILES string of the molecule is Nc1cccc(Br)c1CN(CCO)C1CCC1. The first kappa shape index (κ1) is 12.9. The van der Waals surface area contributed by atoms with Crippen LogP contribution in [0.1, 0.15) is 24.8 Å². The fourth-order valence-corrected chi connectivity index (χ4v) is 2.72. The lowest BCUT2D eigenvalue weighted by Crippen LogP contribution is -2.41. The maximum absolute atomic E-state index is 9.14. The Hall–Kier alpha value is -0.580. The van der Waals surface area contributed by atoms with Crippen LogP contribution in [0.2, 0.25) is 0 Å². The van der Waals surface area contributed by atoms with Gasteiger partial charge >= 0.3 is 0 Å². The molecule has 1 aromatic carbocycles. The van der Waals surface area contributed by atoms with Gasteiger partial charge in [0.2, 0.25) is 0 Å². The molecule has 0 bridgehead atoms. The van der Waals surface area contributed by atoms with Gasteiger partial charge in [0.1, 0.15) is 0 Å². The molecule has 0 amide bonds. The molecule has 2 rings (SSSR count). The van der Waals surface area contributed by atoms with Gasteiger partial charge in [-0.1, -0.05) is 28.4 Å². The summed E-state index contributed by atoms with van der Waals surface area (Å²) >= 11 is 3.55. The summed E-state index contributed by atoms with van der Waals surface area (Å²) in [6.07, 6.45) is 3.78. The highest BCUT2D eigenvalue weighted by molar-refractivity contribution is 9.10. The summed E-state index contributed by atoms with van der Waals surface area (Å²) in [6, 6.07) is 6.51.